The van der Waals surface area contributed by atoms with Crippen molar-refractivity contribution in [2.45, 2.75) is 85.2 Å². The molecule has 4 fully saturated rings. The number of hydrogen-bond donors (Lipinski definition) is 0. The number of rotatable bonds is 6. The van der Waals surface area contributed by atoms with Gasteiger partial charge in [0.15, 0.2) is 0 Å². The molecular weight excluding hydrogens is 312 g/mol. The summed E-state index contributed by atoms with van der Waals surface area (Å²) in [5.41, 5.74) is -0.929. The highest BCUT2D eigenvalue weighted by Crippen LogP contribution is 2.63. The van der Waals surface area contributed by atoms with Crippen LogP contribution in [0.2, 0.25) is 0 Å². The maximum absolute atomic E-state index is 13.2. The van der Waals surface area contributed by atoms with Crippen molar-refractivity contribution in [2.24, 2.45) is 34.5 Å². The van der Waals surface area contributed by atoms with E-state index in [4.69, 9.17) is 9.47 Å². The standard InChI is InChI=1S/C22H38O3/c1-7-20(2,3)19(23)25-22(21(4,5)14-24-6)17-10-15-8-9-16(12-17)13-18(22)11-15/h15-18H,7-14H2,1-6H3. The van der Waals surface area contributed by atoms with Crippen molar-refractivity contribution in [1.29, 1.82) is 0 Å². The molecule has 0 aromatic carbocycles. The van der Waals surface area contributed by atoms with Gasteiger partial charge in [-0.15, -0.1) is 0 Å². The first-order chi connectivity index (χ1) is 11.7. The van der Waals surface area contributed by atoms with Gasteiger partial charge in [0.1, 0.15) is 5.60 Å². The van der Waals surface area contributed by atoms with E-state index in [0.717, 1.165) is 18.3 Å². The first-order valence-electron chi connectivity index (χ1n) is 10.4. The minimum Gasteiger partial charge on any atom is -0.457 e. The van der Waals surface area contributed by atoms with Gasteiger partial charge >= 0.3 is 5.97 Å². The molecule has 25 heavy (non-hydrogen) atoms. The molecule has 0 aliphatic heterocycles. The number of ether oxygens (including phenoxy) is 2. The summed E-state index contributed by atoms with van der Waals surface area (Å²) >= 11 is 0. The van der Waals surface area contributed by atoms with Crippen molar-refractivity contribution in [3.8, 4) is 0 Å². The van der Waals surface area contributed by atoms with Gasteiger partial charge in [0, 0.05) is 24.4 Å². The Balaban J connectivity index is 2.01. The van der Waals surface area contributed by atoms with Crippen LogP contribution in [0.3, 0.4) is 0 Å². The van der Waals surface area contributed by atoms with Crippen LogP contribution < -0.4 is 0 Å². The fourth-order valence-electron chi connectivity index (χ4n) is 6.29. The summed E-state index contributed by atoms with van der Waals surface area (Å²) < 4.78 is 12.2. The van der Waals surface area contributed by atoms with E-state index in [1.807, 2.05) is 13.8 Å². The van der Waals surface area contributed by atoms with Crippen molar-refractivity contribution in [3.05, 3.63) is 0 Å². The second-order valence-electron chi connectivity index (χ2n) is 10.4. The van der Waals surface area contributed by atoms with Crippen LogP contribution in [-0.2, 0) is 14.3 Å². The first-order valence-corrected chi connectivity index (χ1v) is 10.4. The van der Waals surface area contributed by atoms with Gasteiger partial charge in [0.25, 0.3) is 0 Å². The Morgan fingerprint density at radius 1 is 1.00 bits per heavy atom. The number of carbonyl (C=O) groups is 1. The molecule has 4 bridgehead atoms. The van der Waals surface area contributed by atoms with Crippen LogP contribution in [0.25, 0.3) is 0 Å². The van der Waals surface area contributed by atoms with E-state index in [-0.39, 0.29) is 17.0 Å². The van der Waals surface area contributed by atoms with E-state index in [1.54, 1.807) is 7.11 Å². The predicted octanol–water partition coefficient (Wildman–Crippen LogP) is 5.22. The molecule has 4 rings (SSSR count). The summed E-state index contributed by atoms with van der Waals surface area (Å²) in [5.74, 6) is 2.67. The Bertz CT molecular complexity index is 475. The molecule has 0 amide bonds. The van der Waals surface area contributed by atoms with Crippen molar-refractivity contribution in [3.63, 3.8) is 0 Å². The maximum atomic E-state index is 13.2. The Kier molecular flexibility index (Phi) is 5.03. The highest BCUT2D eigenvalue weighted by molar-refractivity contribution is 5.76. The quantitative estimate of drug-likeness (QED) is 0.616. The minimum absolute atomic E-state index is 0.00896. The van der Waals surface area contributed by atoms with Crippen LogP contribution in [0.15, 0.2) is 0 Å². The molecule has 144 valence electrons. The Hall–Kier alpha value is -0.570. The molecule has 3 nitrogen and oxygen atoms in total. The molecule has 0 unspecified atom stereocenters. The fraction of sp³-hybridized carbons (Fsp3) is 0.955. The number of esters is 1. The van der Waals surface area contributed by atoms with Gasteiger partial charge in [0.05, 0.1) is 12.0 Å². The molecule has 0 saturated heterocycles. The van der Waals surface area contributed by atoms with E-state index in [1.165, 1.54) is 38.5 Å². The second kappa shape index (κ2) is 6.55. The number of carbonyl (C=O) groups excluding carboxylic acids is 1. The third-order valence-corrected chi connectivity index (χ3v) is 7.93. The highest BCUT2D eigenvalue weighted by Gasteiger charge is 2.64. The molecule has 0 atom stereocenters. The van der Waals surface area contributed by atoms with Gasteiger partial charge in [-0.25, -0.2) is 0 Å². The maximum Gasteiger partial charge on any atom is 0.312 e. The van der Waals surface area contributed by atoms with Gasteiger partial charge < -0.3 is 9.47 Å². The monoisotopic (exact) mass is 350 g/mol. The predicted molar refractivity (Wildman–Crippen MR) is 100 cm³/mol. The van der Waals surface area contributed by atoms with E-state index in [9.17, 15) is 4.79 Å². The third kappa shape index (κ3) is 3.05. The summed E-state index contributed by atoms with van der Waals surface area (Å²) in [7, 11) is 1.77. The largest absolute Gasteiger partial charge is 0.457 e. The third-order valence-electron chi connectivity index (χ3n) is 7.93. The zero-order valence-electron chi connectivity index (χ0n) is 17.2. The number of methoxy groups -OCH3 is 1. The van der Waals surface area contributed by atoms with E-state index < -0.39 is 5.41 Å². The lowest BCUT2D eigenvalue weighted by molar-refractivity contribution is -0.244. The molecule has 0 N–H and O–H groups in total. The molecule has 0 aromatic rings. The van der Waals surface area contributed by atoms with Crippen LogP contribution in [0, 0.1) is 34.5 Å². The molecule has 4 saturated carbocycles. The molecular formula is C22H38O3. The SMILES string of the molecule is CCC(C)(C)C(=O)OC1(C(C)(C)COC)C2CC3CCC(C2)CC1C3. The van der Waals surface area contributed by atoms with Gasteiger partial charge in [-0.2, -0.15) is 0 Å². The smallest absolute Gasteiger partial charge is 0.312 e. The number of fused-ring (bicyclic) bond motifs is 1. The average Bonchev–Trinajstić information content (AvgIpc) is 2.80. The normalized spacial score (nSPS) is 37.8. The summed E-state index contributed by atoms with van der Waals surface area (Å²) in [6.45, 7) is 11.3. The topological polar surface area (TPSA) is 35.5 Å². The fourth-order valence-corrected chi connectivity index (χ4v) is 6.29. The average molecular weight is 351 g/mol. The molecule has 0 radical (unpaired) electrons. The van der Waals surface area contributed by atoms with E-state index in [0.29, 0.717) is 18.4 Å². The van der Waals surface area contributed by atoms with Gasteiger partial charge in [-0.05, 0) is 57.8 Å². The minimum atomic E-state index is -0.416. The summed E-state index contributed by atoms with van der Waals surface area (Å²) in [5, 5.41) is 0. The zero-order valence-corrected chi connectivity index (χ0v) is 17.2. The molecule has 3 heteroatoms. The van der Waals surface area contributed by atoms with Crippen molar-refractivity contribution < 1.29 is 14.3 Å². The zero-order chi connectivity index (χ0) is 18.5. The summed E-state index contributed by atoms with van der Waals surface area (Å²) in [4.78, 5) is 13.2. The summed E-state index contributed by atoms with van der Waals surface area (Å²) in [6, 6.07) is 0. The lowest BCUT2D eigenvalue weighted by atomic mass is 9.50. The van der Waals surface area contributed by atoms with Crippen molar-refractivity contribution >= 4 is 5.97 Å². The molecule has 4 aliphatic rings. The first kappa shape index (κ1) is 19.2. The van der Waals surface area contributed by atoms with Crippen molar-refractivity contribution in [1.82, 2.24) is 0 Å². The Morgan fingerprint density at radius 2 is 1.48 bits per heavy atom. The van der Waals surface area contributed by atoms with Crippen LogP contribution >= 0.6 is 0 Å². The molecule has 0 heterocycles. The van der Waals surface area contributed by atoms with Gasteiger partial charge in [-0.3, -0.25) is 4.79 Å². The second-order valence-corrected chi connectivity index (χ2v) is 10.4. The molecule has 4 aliphatic carbocycles. The summed E-state index contributed by atoms with van der Waals surface area (Å²) in [6.07, 6.45) is 8.52. The van der Waals surface area contributed by atoms with Gasteiger partial charge in [-0.1, -0.05) is 33.6 Å². The Morgan fingerprint density at radius 3 is 1.88 bits per heavy atom. The van der Waals surface area contributed by atoms with Crippen LogP contribution in [0.5, 0.6) is 0 Å². The van der Waals surface area contributed by atoms with Crippen molar-refractivity contribution in [2.75, 3.05) is 13.7 Å². The molecule has 0 spiro atoms. The van der Waals surface area contributed by atoms with Gasteiger partial charge in [0.2, 0.25) is 0 Å². The lowest BCUT2D eigenvalue weighted by Gasteiger charge is -2.61. The van der Waals surface area contributed by atoms with E-state index in [2.05, 4.69) is 20.8 Å². The lowest BCUT2D eigenvalue weighted by Crippen LogP contribution is -2.65. The number of hydrogen-bond acceptors (Lipinski definition) is 3. The van der Waals surface area contributed by atoms with Crippen LogP contribution in [0.1, 0.15) is 79.6 Å². The highest BCUT2D eigenvalue weighted by atomic mass is 16.6. The van der Waals surface area contributed by atoms with Crippen LogP contribution in [0.4, 0.5) is 0 Å². The molecule has 0 aromatic heterocycles. The van der Waals surface area contributed by atoms with E-state index >= 15 is 0 Å². The van der Waals surface area contributed by atoms with Crippen LogP contribution in [-0.4, -0.2) is 25.3 Å². The Labute approximate surface area is 154 Å².